The van der Waals surface area contributed by atoms with Crippen molar-refractivity contribution < 1.29 is 22.4 Å². The topological polar surface area (TPSA) is 60.0 Å². The highest BCUT2D eigenvalue weighted by atomic mass is 19.4. The fraction of sp³-hybridized carbons (Fsp3) is 0.529. The van der Waals surface area contributed by atoms with Gasteiger partial charge in [-0.15, -0.1) is 0 Å². The highest BCUT2D eigenvalue weighted by Gasteiger charge is 2.41. The van der Waals surface area contributed by atoms with Crippen molar-refractivity contribution in [2.45, 2.75) is 19.1 Å². The van der Waals surface area contributed by atoms with Crippen molar-refractivity contribution in [1.82, 2.24) is 15.1 Å². The first kappa shape index (κ1) is 20.9. The summed E-state index contributed by atoms with van der Waals surface area (Å²) in [6.45, 7) is 2.34. The molecule has 1 aliphatic heterocycles. The highest BCUT2D eigenvalue weighted by Crippen LogP contribution is 2.25. The molecule has 6 nitrogen and oxygen atoms in total. The van der Waals surface area contributed by atoms with E-state index < -0.39 is 18.0 Å². The van der Waals surface area contributed by atoms with Gasteiger partial charge < -0.3 is 15.5 Å². The Morgan fingerprint density at radius 3 is 2.30 bits per heavy atom. The molecule has 1 aliphatic rings. The molecule has 1 aromatic rings. The van der Waals surface area contributed by atoms with E-state index in [4.69, 9.17) is 0 Å². The summed E-state index contributed by atoms with van der Waals surface area (Å²) in [5.41, 5.74) is 0.466. The minimum Gasteiger partial charge on any atom is -0.347 e. The number of guanidine groups is 1. The van der Waals surface area contributed by atoms with Crippen molar-refractivity contribution in [3.05, 3.63) is 30.1 Å². The number of aliphatic imine (C=N–C) groups is 1. The summed E-state index contributed by atoms with van der Waals surface area (Å²) >= 11 is 0. The van der Waals surface area contributed by atoms with Gasteiger partial charge in [0.25, 0.3) is 0 Å². The number of nitrogens with zero attached hydrogens (tertiary/aromatic N) is 3. The van der Waals surface area contributed by atoms with Gasteiger partial charge in [-0.1, -0.05) is 0 Å². The summed E-state index contributed by atoms with van der Waals surface area (Å²) in [5.74, 6) is -0.291. The Morgan fingerprint density at radius 1 is 1.19 bits per heavy atom. The van der Waals surface area contributed by atoms with Gasteiger partial charge in [0.05, 0.1) is 6.54 Å². The molecule has 10 heteroatoms. The normalized spacial score (nSPS) is 17.6. The lowest BCUT2D eigenvalue weighted by molar-refractivity contribution is -0.181. The van der Waals surface area contributed by atoms with Crippen molar-refractivity contribution in [2.24, 2.45) is 4.99 Å². The number of carbonyl (C=O) groups excluding carboxylic acids is 1. The first-order valence-corrected chi connectivity index (χ1v) is 8.52. The molecule has 1 fully saturated rings. The first-order valence-electron chi connectivity index (χ1n) is 8.52. The minimum atomic E-state index is -4.25. The van der Waals surface area contributed by atoms with Gasteiger partial charge in [0, 0.05) is 38.9 Å². The number of hydrogen-bond donors (Lipinski definition) is 2. The number of alkyl halides is 3. The Hall–Kier alpha value is -2.36. The smallest absolute Gasteiger partial charge is 0.347 e. The van der Waals surface area contributed by atoms with Crippen LogP contribution in [-0.2, 0) is 4.79 Å². The van der Waals surface area contributed by atoms with Crippen molar-refractivity contribution in [3.8, 4) is 0 Å². The quantitative estimate of drug-likeness (QED) is 0.469. The van der Waals surface area contributed by atoms with Crippen LogP contribution in [0.1, 0.15) is 6.92 Å². The fourth-order valence-corrected chi connectivity index (χ4v) is 2.76. The summed E-state index contributed by atoms with van der Waals surface area (Å²) in [5, 5.41) is 5.51. The molecule has 27 heavy (non-hydrogen) atoms. The fourth-order valence-electron chi connectivity index (χ4n) is 2.76. The largest absolute Gasteiger partial charge is 0.403 e. The summed E-state index contributed by atoms with van der Waals surface area (Å²) in [6.07, 6.45) is -4.25. The second-order valence-corrected chi connectivity index (χ2v) is 6.20. The Morgan fingerprint density at radius 2 is 1.78 bits per heavy atom. The summed E-state index contributed by atoms with van der Waals surface area (Å²) in [7, 11) is 1.55. The molecular formula is C17H23F4N5O. The summed E-state index contributed by atoms with van der Waals surface area (Å²) in [4.78, 5) is 19.3. The van der Waals surface area contributed by atoms with Crippen molar-refractivity contribution >= 4 is 17.6 Å². The standard InChI is InChI=1S/C17H23F4N5O/c1-12(17(19,20)21)25-7-9-26(10-8-25)16(22-2)23-11-15(27)24-14-5-3-13(18)4-6-14/h3-6,12H,7-11H2,1-2H3,(H,22,23)(H,24,27). The van der Waals surface area contributed by atoms with Crippen LogP contribution in [-0.4, -0.2) is 73.7 Å². The Bertz CT molecular complexity index is 654. The van der Waals surface area contributed by atoms with Crippen LogP contribution in [0.25, 0.3) is 0 Å². The molecule has 150 valence electrons. The lowest BCUT2D eigenvalue weighted by Gasteiger charge is -2.39. The average Bonchev–Trinajstić information content (AvgIpc) is 2.63. The predicted octanol–water partition coefficient (Wildman–Crippen LogP) is 1.91. The van der Waals surface area contributed by atoms with E-state index in [0.717, 1.165) is 6.92 Å². The maximum absolute atomic E-state index is 12.9. The molecule has 0 aliphatic carbocycles. The molecule has 0 saturated carbocycles. The summed E-state index contributed by atoms with van der Waals surface area (Å²) < 4.78 is 51.3. The molecule has 0 bridgehead atoms. The van der Waals surface area contributed by atoms with E-state index >= 15 is 0 Å². The number of benzene rings is 1. The Kier molecular flexibility index (Phi) is 7.00. The van der Waals surface area contributed by atoms with E-state index in [2.05, 4.69) is 15.6 Å². The zero-order chi connectivity index (χ0) is 20.0. The van der Waals surface area contributed by atoms with E-state index in [1.54, 1.807) is 7.05 Å². The van der Waals surface area contributed by atoms with Crippen molar-refractivity contribution in [3.63, 3.8) is 0 Å². The number of hydrogen-bond acceptors (Lipinski definition) is 3. The monoisotopic (exact) mass is 389 g/mol. The van der Waals surface area contributed by atoms with Gasteiger partial charge in [0.2, 0.25) is 5.91 Å². The number of anilines is 1. The second kappa shape index (κ2) is 9.03. The van der Waals surface area contributed by atoms with E-state index in [-0.39, 0.29) is 25.5 Å². The number of halogens is 4. The van der Waals surface area contributed by atoms with Crippen LogP contribution < -0.4 is 10.6 Å². The highest BCUT2D eigenvalue weighted by molar-refractivity contribution is 5.95. The van der Waals surface area contributed by atoms with Crippen LogP contribution in [0.2, 0.25) is 0 Å². The molecule has 1 saturated heterocycles. The van der Waals surface area contributed by atoms with Gasteiger partial charge in [-0.25, -0.2) is 4.39 Å². The Balaban J connectivity index is 1.80. The molecule has 1 unspecified atom stereocenters. The van der Waals surface area contributed by atoms with Gasteiger partial charge in [-0.2, -0.15) is 13.2 Å². The van der Waals surface area contributed by atoms with Crippen LogP contribution in [0, 0.1) is 5.82 Å². The maximum atomic E-state index is 12.9. The predicted molar refractivity (Wildman–Crippen MR) is 95.1 cm³/mol. The maximum Gasteiger partial charge on any atom is 0.403 e. The Labute approximate surface area is 155 Å². The number of nitrogens with one attached hydrogen (secondary N) is 2. The molecular weight excluding hydrogens is 366 g/mol. The number of amides is 1. The molecule has 0 spiro atoms. The molecule has 2 rings (SSSR count). The van der Waals surface area contributed by atoms with Gasteiger partial charge >= 0.3 is 6.18 Å². The van der Waals surface area contributed by atoms with Crippen LogP contribution in [0.5, 0.6) is 0 Å². The lowest BCUT2D eigenvalue weighted by atomic mass is 10.2. The third kappa shape index (κ3) is 6.09. The van der Waals surface area contributed by atoms with Crippen LogP contribution in [0.3, 0.4) is 0 Å². The van der Waals surface area contributed by atoms with Gasteiger partial charge in [-0.05, 0) is 31.2 Å². The zero-order valence-electron chi connectivity index (χ0n) is 15.2. The second-order valence-electron chi connectivity index (χ2n) is 6.20. The number of piperazine rings is 1. The lowest BCUT2D eigenvalue weighted by Crippen LogP contribution is -2.57. The van der Waals surface area contributed by atoms with Gasteiger partial charge in [-0.3, -0.25) is 14.7 Å². The number of rotatable bonds is 4. The van der Waals surface area contributed by atoms with E-state index in [1.807, 2.05) is 4.90 Å². The van der Waals surface area contributed by atoms with Crippen LogP contribution in [0.15, 0.2) is 29.3 Å². The van der Waals surface area contributed by atoms with Crippen molar-refractivity contribution in [2.75, 3.05) is 45.1 Å². The van der Waals surface area contributed by atoms with E-state index in [9.17, 15) is 22.4 Å². The van der Waals surface area contributed by atoms with Gasteiger partial charge in [0.1, 0.15) is 11.9 Å². The van der Waals surface area contributed by atoms with E-state index in [0.29, 0.717) is 24.7 Å². The minimum absolute atomic E-state index is 0.0663. The van der Waals surface area contributed by atoms with Crippen LogP contribution >= 0.6 is 0 Å². The van der Waals surface area contributed by atoms with E-state index in [1.165, 1.54) is 29.2 Å². The molecule has 1 heterocycles. The molecule has 0 radical (unpaired) electrons. The zero-order valence-corrected chi connectivity index (χ0v) is 15.2. The molecule has 1 atom stereocenters. The molecule has 2 N–H and O–H groups in total. The first-order chi connectivity index (χ1) is 12.7. The third-order valence-corrected chi connectivity index (χ3v) is 4.38. The number of carbonyl (C=O) groups is 1. The summed E-state index contributed by atoms with van der Waals surface area (Å²) in [6, 6.07) is 3.88. The SMILES string of the molecule is CN=C(NCC(=O)Nc1ccc(F)cc1)N1CCN(C(C)C(F)(F)F)CC1. The van der Waals surface area contributed by atoms with Crippen LogP contribution in [0.4, 0.5) is 23.2 Å². The van der Waals surface area contributed by atoms with Crippen molar-refractivity contribution in [1.29, 1.82) is 0 Å². The van der Waals surface area contributed by atoms with Gasteiger partial charge in [0.15, 0.2) is 5.96 Å². The molecule has 1 aromatic carbocycles. The molecule has 0 aromatic heterocycles. The third-order valence-electron chi connectivity index (χ3n) is 4.38. The molecule has 1 amide bonds. The average molecular weight is 389 g/mol.